The summed E-state index contributed by atoms with van der Waals surface area (Å²) in [4.78, 5) is 6.83. The van der Waals surface area contributed by atoms with E-state index in [1.165, 1.54) is 11.9 Å². The number of aliphatic imine (C=N–C) groups is 1. The van der Waals surface area contributed by atoms with Crippen molar-refractivity contribution in [3.63, 3.8) is 0 Å². The van der Waals surface area contributed by atoms with Gasteiger partial charge in [-0.25, -0.2) is 0 Å². The number of fused-ring (bicyclic) bond motifs is 1. The molecule has 0 aliphatic heterocycles. The molecule has 2 aromatic rings. The highest BCUT2D eigenvalue weighted by Gasteiger charge is 2.04. The molecule has 0 amide bonds. The fourth-order valence-electron chi connectivity index (χ4n) is 1.53. The van der Waals surface area contributed by atoms with E-state index >= 15 is 0 Å². The van der Waals surface area contributed by atoms with Gasteiger partial charge in [0.1, 0.15) is 0 Å². The summed E-state index contributed by atoms with van der Waals surface area (Å²) in [5.41, 5.74) is 3.45. The fraction of sp³-hybridized carbons (Fsp3) is 0. The van der Waals surface area contributed by atoms with Crippen LogP contribution >= 0.6 is 11.6 Å². The van der Waals surface area contributed by atoms with Crippen molar-refractivity contribution in [1.82, 2.24) is 4.98 Å². The van der Waals surface area contributed by atoms with E-state index in [9.17, 15) is 0 Å². The van der Waals surface area contributed by atoms with Gasteiger partial charge in [0.2, 0.25) is 0 Å². The Balaban J connectivity index is 2.37. The van der Waals surface area contributed by atoms with Crippen molar-refractivity contribution in [3.8, 4) is 0 Å². The minimum absolute atomic E-state index is 0.403. The number of H-pyrrole nitrogens is 1. The Bertz CT molecular complexity index is 566. The lowest BCUT2D eigenvalue weighted by Crippen LogP contribution is -1.91. The van der Waals surface area contributed by atoms with Crippen LogP contribution in [-0.4, -0.2) is 16.4 Å². The second kappa shape index (κ2) is 4.77. The Morgan fingerprint density at radius 3 is 3.00 bits per heavy atom. The van der Waals surface area contributed by atoms with Crippen LogP contribution in [0.15, 0.2) is 47.7 Å². The monoisotopic (exact) mass is 231 g/mol. The first-order chi connectivity index (χ1) is 7.83. The molecule has 4 heteroatoms. The molecular formula is C12H10ClN3. The molecule has 0 aliphatic rings. The Hall–Kier alpha value is -1.87. The SMILES string of the molecule is N=C(/C=C\N=CCl)c1c[nH]c2ccccc12. The predicted molar refractivity (Wildman–Crippen MR) is 68.6 cm³/mol. The van der Waals surface area contributed by atoms with Crippen molar-refractivity contribution in [2.45, 2.75) is 0 Å². The van der Waals surface area contributed by atoms with Crippen LogP contribution in [0.3, 0.4) is 0 Å². The summed E-state index contributed by atoms with van der Waals surface area (Å²) in [6.45, 7) is 0. The van der Waals surface area contributed by atoms with Crippen LogP contribution in [-0.2, 0) is 0 Å². The van der Waals surface area contributed by atoms with Crippen LogP contribution in [0.4, 0.5) is 0 Å². The first-order valence-corrected chi connectivity index (χ1v) is 5.20. The Labute approximate surface area is 98.0 Å². The molecule has 16 heavy (non-hydrogen) atoms. The van der Waals surface area contributed by atoms with Crippen molar-refractivity contribution in [3.05, 3.63) is 48.3 Å². The standard InChI is InChI=1S/C12H10ClN3/c13-8-15-6-5-11(14)10-7-16-12-4-2-1-3-9(10)12/h1-8,14,16H/b6-5-,14-11?,15-8?. The molecule has 2 rings (SSSR count). The number of para-hydroxylation sites is 1. The molecule has 0 saturated carbocycles. The number of nitrogens with zero attached hydrogens (tertiary/aromatic N) is 1. The van der Waals surface area contributed by atoms with E-state index in [2.05, 4.69) is 9.98 Å². The number of halogens is 1. The van der Waals surface area contributed by atoms with E-state index in [4.69, 9.17) is 17.0 Å². The summed E-state index contributed by atoms with van der Waals surface area (Å²) < 4.78 is 0. The Morgan fingerprint density at radius 2 is 2.19 bits per heavy atom. The van der Waals surface area contributed by atoms with Crippen molar-refractivity contribution < 1.29 is 0 Å². The van der Waals surface area contributed by atoms with Gasteiger partial charge in [0, 0.05) is 28.9 Å². The number of aromatic nitrogens is 1. The lowest BCUT2D eigenvalue weighted by Gasteiger charge is -1.94. The molecule has 0 atom stereocenters. The summed E-state index contributed by atoms with van der Waals surface area (Å²) in [5, 5.41) is 8.92. The van der Waals surface area contributed by atoms with Gasteiger partial charge in [0.25, 0.3) is 0 Å². The van der Waals surface area contributed by atoms with E-state index in [-0.39, 0.29) is 0 Å². The van der Waals surface area contributed by atoms with E-state index in [0.29, 0.717) is 5.71 Å². The largest absolute Gasteiger partial charge is 0.360 e. The zero-order chi connectivity index (χ0) is 11.4. The molecule has 0 saturated heterocycles. The number of nitrogens with one attached hydrogen (secondary N) is 2. The molecule has 0 fully saturated rings. The van der Waals surface area contributed by atoms with E-state index in [1.807, 2.05) is 30.5 Å². The third-order valence-corrected chi connectivity index (χ3v) is 2.38. The van der Waals surface area contributed by atoms with Crippen molar-refractivity contribution >= 4 is 33.9 Å². The molecular weight excluding hydrogens is 222 g/mol. The number of aromatic amines is 1. The molecule has 0 aliphatic carbocycles. The number of allylic oxidation sites excluding steroid dienone is 1. The zero-order valence-corrected chi connectivity index (χ0v) is 9.20. The van der Waals surface area contributed by atoms with E-state index in [0.717, 1.165) is 16.5 Å². The van der Waals surface area contributed by atoms with Gasteiger partial charge in [-0.05, 0) is 12.1 Å². The third kappa shape index (κ3) is 2.04. The summed E-state index contributed by atoms with van der Waals surface area (Å²) in [6, 6.07) is 7.87. The van der Waals surface area contributed by atoms with Gasteiger partial charge in [0.15, 0.2) is 0 Å². The molecule has 3 nitrogen and oxygen atoms in total. The topological polar surface area (TPSA) is 52.0 Å². The quantitative estimate of drug-likeness (QED) is 0.762. The minimum Gasteiger partial charge on any atom is -0.360 e. The lowest BCUT2D eigenvalue weighted by atomic mass is 10.1. The van der Waals surface area contributed by atoms with Gasteiger partial charge < -0.3 is 10.4 Å². The molecule has 0 unspecified atom stereocenters. The minimum atomic E-state index is 0.403. The zero-order valence-electron chi connectivity index (χ0n) is 8.44. The highest BCUT2D eigenvalue weighted by Crippen LogP contribution is 2.18. The average molecular weight is 232 g/mol. The van der Waals surface area contributed by atoms with Crippen LogP contribution in [0.1, 0.15) is 5.56 Å². The number of benzene rings is 1. The number of rotatable bonds is 3. The first-order valence-electron chi connectivity index (χ1n) is 4.76. The third-order valence-electron chi connectivity index (χ3n) is 2.26. The highest BCUT2D eigenvalue weighted by molar-refractivity contribution is 6.56. The van der Waals surface area contributed by atoms with Gasteiger partial charge >= 0.3 is 0 Å². The molecule has 1 heterocycles. The summed E-state index contributed by atoms with van der Waals surface area (Å²) in [5.74, 6) is 0. The predicted octanol–water partition coefficient (Wildman–Crippen LogP) is 3.32. The highest BCUT2D eigenvalue weighted by atomic mass is 35.5. The number of hydrogen-bond acceptors (Lipinski definition) is 2. The van der Waals surface area contributed by atoms with Crippen LogP contribution in [0.2, 0.25) is 0 Å². The molecule has 1 aromatic heterocycles. The maximum Gasteiger partial charge on any atom is 0.0926 e. The molecule has 1 aromatic carbocycles. The normalized spacial score (nSPS) is 11.8. The van der Waals surface area contributed by atoms with Gasteiger partial charge in [-0.2, -0.15) is 0 Å². The van der Waals surface area contributed by atoms with Crippen molar-refractivity contribution in [1.29, 1.82) is 5.41 Å². The molecule has 2 N–H and O–H groups in total. The van der Waals surface area contributed by atoms with Gasteiger partial charge in [-0.15, -0.1) is 0 Å². The average Bonchev–Trinajstić information content (AvgIpc) is 2.73. The molecule has 80 valence electrons. The summed E-state index contributed by atoms with van der Waals surface area (Å²) >= 11 is 5.29. The summed E-state index contributed by atoms with van der Waals surface area (Å²) in [6.07, 6.45) is 4.92. The fourth-order valence-corrected chi connectivity index (χ4v) is 1.60. The maximum atomic E-state index is 7.88. The van der Waals surface area contributed by atoms with Gasteiger partial charge in [-0.1, -0.05) is 29.8 Å². The van der Waals surface area contributed by atoms with Crippen molar-refractivity contribution in [2.24, 2.45) is 4.99 Å². The van der Waals surface area contributed by atoms with Gasteiger partial charge in [0.05, 0.1) is 11.4 Å². The Morgan fingerprint density at radius 1 is 1.38 bits per heavy atom. The maximum absolute atomic E-state index is 7.88. The van der Waals surface area contributed by atoms with Crippen LogP contribution < -0.4 is 0 Å². The van der Waals surface area contributed by atoms with E-state index in [1.54, 1.807) is 6.08 Å². The van der Waals surface area contributed by atoms with Crippen molar-refractivity contribution in [2.75, 3.05) is 0 Å². The van der Waals surface area contributed by atoms with Crippen LogP contribution in [0, 0.1) is 5.41 Å². The molecule has 0 spiro atoms. The Kier molecular flexibility index (Phi) is 3.17. The number of hydrogen-bond donors (Lipinski definition) is 2. The van der Waals surface area contributed by atoms with Gasteiger partial charge in [-0.3, -0.25) is 4.99 Å². The lowest BCUT2D eigenvalue weighted by molar-refractivity contribution is 1.45. The summed E-state index contributed by atoms with van der Waals surface area (Å²) in [7, 11) is 0. The molecule has 0 bridgehead atoms. The molecule has 0 radical (unpaired) electrons. The van der Waals surface area contributed by atoms with Crippen LogP contribution in [0.25, 0.3) is 10.9 Å². The smallest absolute Gasteiger partial charge is 0.0926 e. The second-order valence-corrected chi connectivity index (χ2v) is 3.42. The second-order valence-electron chi connectivity index (χ2n) is 3.22. The van der Waals surface area contributed by atoms with E-state index < -0.39 is 0 Å². The first kappa shape index (κ1) is 10.6. The van der Waals surface area contributed by atoms with Crippen LogP contribution in [0.5, 0.6) is 0 Å².